The molecule has 0 bridgehead atoms. The SMILES string of the molecule is COc1ccccc1CN1C(=O)C(=O)/C(=C(/O)c2ccc3c(c2)N(C)CCO3)C1c1ccc(C)o1. The lowest BCUT2D eigenvalue weighted by atomic mass is 9.98. The minimum absolute atomic E-state index is 0.0152. The maximum absolute atomic E-state index is 13.3. The Bertz CT molecular complexity index is 1340. The lowest BCUT2D eigenvalue weighted by Gasteiger charge is -2.28. The number of ether oxygens (including phenoxy) is 2. The van der Waals surface area contributed by atoms with E-state index in [1.165, 1.54) is 4.90 Å². The number of ketones is 1. The Morgan fingerprint density at radius 2 is 1.94 bits per heavy atom. The Labute approximate surface area is 203 Å². The van der Waals surface area contributed by atoms with E-state index in [4.69, 9.17) is 13.9 Å². The monoisotopic (exact) mass is 474 g/mol. The number of methoxy groups -OCH3 is 1. The molecule has 0 aliphatic carbocycles. The van der Waals surface area contributed by atoms with E-state index < -0.39 is 17.7 Å². The zero-order chi connectivity index (χ0) is 24.7. The molecule has 1 amide bonds. The summed E-state index contributed by atoms with van der Waals surface area (Å²) in [4.78, 5) is 30.0. The third-order valence-electron chi connectivity index (χ3n) is 6.43. The molecule has 2 aliphatic heterocycles. The summed E-state index contributed by atoms with van der Waals surface area (Å²) in [7, 11) is 3.49. The van der Waals surface area contributed by atoms with Crippen LogP contribution in [0.4, 0.5) is 5.69 Å². The van der Waals surface area contributed by atoms with Crippen LogP contribution in [-0.4, -0.2) is 49.0 Å². The number of furan rings is 1. The summed E-state index contributed by atoms with van der Waals surface area (Å²) in [6.07, 6.45) is 0. The molecular weight excluding hydrogens is 448 g/mol. The van der Waals surface area contributed by atoms with Gasteiger partial charge in [-0.3, -0.25) is 9.59 Å². The van der Waals surface area contributed by atoms with Crippen LogP contribution in [0.1, 0.15) is 28.7 Å². The van der Waals surface area contributed by atoms with E-state index in [0.29, 0.717) is 41.7 Å². The Balaban J connectivity index is 1.63. The van der Waals surface area contributed by atoms with Crippen LogP contribution in [0.3, 0.4) is 0 Å². The fraction of sp³-hybridized carbons (Fsp3) is 0.259. The molecule has 1 fully saturated rings. The molecule has 0 saturated carbocycles. The number of fused-ring (bicyclic) bond motifs is 1. The van der Waals surface area contributed by atoms with Crippen LogP contribution in [0.15, 0.2) is 64.6 Å². The average Bonchev–Trinajstić information content (AvgIpc) is 3.40. The predicted molar refractivity (Wildman–Crippen MR) is 129 cm³/mol. The number of hydrogen-bond acceptors (Lipinski definition) is 7. The van der Waals surface area contributed by atoms with Gasteiger partial charge in [0.05, 0.1) is 31.5 Å². The van der Waals surface area contributed by atoms with E-state index in [1.807, 2.05) is 30.1 Å². The smallest absolute Gasteiger partial charge is 0.296 e. The first-order valence-corrected chi connectivity index (χ1v) is 11.3. The van der Waals surface area contributed by atoms with Crippen molar-refractivity contribution in [2.24, 2.45) is 0 Å². The highest BCUT2D eigenvalue weighted by atomic mass is 16.5. The number of aliphatic hydroxyl groups is 1. The average molecular weight is 475 g/mol. The molecule has 0 radical (unpaired) electrons. The fourth-order valence-corrected chi connectivity index (χ4v) is 4.61. The minimum atomic E-state index is -0.890. The van der Waals surface area contributed by atoms with Gasteiger partial charge in [-0.25, -0.2) is 0 Å². The summed E-state index contributed by atoms with van der Waals surface area (Å²) in [6, 6.07) is 15.1. The van der Waals surface area contributed by atoms with Gasteiger partial charge in [-0.05, 0) is 43.3 Å². The summed E-state index contributed by atoms with van der Waals surface area (Å²) >= 11 is 0. The number of nitrogens with zero attached hydrogens (tertiary/aromatic N) is 2. The predicted octanol–water partition coefficient (Wildman–Crippen LogP) is 4.05. The maximum Gasteiger partial charge on any atom is 0.296 e. The van der Waals surface area contributed by atoms with Crippen molar-refractivity contribution >= 4 is 23.1 Å². The van der Waals surface area contributed by atoms with Gasteiger partial charge in [-0.2, -0.15) is 0 Å². The zero-order valence-electron chi connectivity index (χ0n) is 19.8. The Morgan fingerprint density at radius 3 is 2.69 bits per heavy atom. The number of rotatable bonds is 5. The molecule has 0 spiro atoms. The first kappa shape index (κ1) is 22.6. The second-order valence-corrected chi connectivity index (χ2v) is 8.64. The van der Waals surface area contributed by atoms with Crippen molar-refractivity contribution < 1.29 is 28.6 Å². The molecule has 1 saturated heterocycles. The van der Waals surface area contributed by atoms with Crippen LogP contribution in [0.5, 0.6) is 11.5 Å². The van der Waals surface area contributed by atoms with Gasteiger partial charge in [0.1, 0.15) is 41.4 Å². The summed E-state index contributed by atoms with van der Waals surface area (Å²) < 4.78 is 17.0. The Morgan fingerprint density at radius 1 is 1.14 bits per heavy atom. The van der Waals surface area contributed by atoms with Crippen LogP contribution in [-0.2, 0) is 16.1 Å². The number of benzene rings is 2. The molecular formula is C27H26N2O6. The fourth-order valence-electron chi connectivity index (χ4n) is 4.61. The van der Waals surface area contributed by atoms with Gasteiger partial charge in [0, 0.05) is 18.2 Å². The van der Waals surface area contributed by atoms with Crippen LogP contribution in [0.25, 0.3) is 5.76 Å². The summed E-state index contributed by atoms with van der Waals surface area (Å²) in [5.74, 6) is 0.596. The van der Waals surface area contributed by atoms with Crippen molar-refractivity contribution in [3.8, 4) is 11.5 Å². The third-order valence-corrected chi connectivity index (χ3v) is 6.43. The van der Waals surface area contributed by atoms with E-state index in [2.05, 4.69) is 0 Å². The van der Waals surface area contributed by atoms with Gasteiger partial charge < -0.3 is 28.8 Å². The normalized spacial score (nSPS) is 19.0. The van der Waals surface area contributed by atoms with Crippen molar-refractivity contribution in [1.29, 1.82) is 0 Å². The number of aliphatic hydroxyl groups excluding tert-OH is 1. The number of amides is 1. The largest absolute Gasteiger partial charge is 0.507 e. The van der Waals surface area contributed by atoms with Crippen LogP contribution >= 0.6 is 0 Å². The van der Waals surface area contributed by atoms with Gasteiger partial charge >= 0.3 is 0 Å². The number of carbonyl (C=O) groups excluding carboxylic acids is 2. The highest BCUT2D eigenvalue weighted by molar-refractivity contribution is 6.46. The van der Waals surface area contributed by atoms with E-state index in [9.17, 15) is 14.7 Å². The number of para-hydroxylation sites is 1. The first-order chi connectivity index (χ1) is 16.9. The lowest BCUT2D eigenvalue weighted by Crippen LogP contribution is -2.29. The number of carbonyl (C=O) groups is 2. The molecule has 2 aromatic carbocycles. The van der Waals surface area contributed by atoms with Gasteiger partial charge in [0.15, 0.2) is 0 Å². The maximum atomic E-state index is 13.3. The summed E-state index contributed by atoms with van der Waals surface area (Å²) in [6.45, 7) is 3.17. The first-order valence-electron chi connectivity index (χ1n) is 11.3. The molecule has 3 heterocycles. The van der Waals surface area contributed by atoms with Crippen LogP contribution < -0.4 is 14.4 Å². The van der Waals surface area contributed by atoms with Crippen LogP contribution in [0.2, 0.25) is 0 Å². The lowest BCUT2D eigenvalue weighted by molar-refractivity contribution is -0.140. The molecule has 8 nitrogen and oxygen atoms in total. The van der Waals surface area contributed by atoms with E-state index >= 15 is 0 Å². The molecule has 8 heteroatoms. The number of hydrogen-bond donors (Lipinski definition) is 1. The zero-order valence-corrected chi connectivity index (χ0v) is 19.8. The van der Waals surface area contributed by atoms with E-state index in [1.54, 1.807) is 50.4 Å². The quantitative estimate of drug-likeness (QED) is 0.339. The molecule has 3 aromatic rings. The second kappa shape index (κ2) is 8.87. The van der Waals surface area contributed by atoms with Crippen molar-refractivity contribution in [3.63, 3.8) is 0 Å². The second-order valence-electron chi connectivity index (χ2n) is 8.64. The van der Waals surface area contributed by atoms with Crippen molar-refractivity contribution in [2.75, 3.05) is 32.2 Å². The molecule has 1 aromatic heterocycles. The number of likely N-dealkylation sites (tertiary alicyclic amines) is 1. The number of likely N-dealkylation sites (N-methyl/N-ethyl adjacent to an activating group) is 1. The van der Waals surface area contributed by atoms with Crippen LogP contribution in [0, 0.1) is 6.92 Å². The van der Waals surface area contributed by atoms with Gasteiger partial charge in [-0.15, -0.1) is 0 Å². The minimum Gasteiger partial charge on any atom is -0.507 e. The van der Waals surface area contributed by atoms with Gasteiger partial charge in [0.2, 0.25) is 0 Å². The highest BCUT2D eigenvalue weighted by Crippen LogP contribution is 2.42. The van der Waals surface area contributed by atoms with E-state index in [0.717, 1.165) is 11.3 Å². The van der Waals surface area contributed by atoms with E-state index in [-0.39, 0.29) is 17.9 Å². The summed E-state index contributed by atoms with van der Waals surface area (Å²) in [5.41, 5.74) is 1.94. The molecule has 180 valence electrons. The molecule has 1 unspecified atom stereocenters. The molecule has 1 atom stereocenters. The van der Waals surface area contributed by atoms with Gasteiger partial charge in [-0.1, -0.05) is 18.2 Å². The van der Waals surface area contributed by atoms with Crippen molar-refractivity contribution in [3.05, 3.63) is 82.8 Å². The van der Waals surface area contributed by atoms with Crippen molar-refractivity contribution in [2.45, 2.75) is 19.5 Å². The Hall–Kier alpha value is -4.20. The molecule has 5 rings (SSSR count). The number of aryl methyl sites for hydroxylation is 1. The van der Waals surface area contributed by atoms with Crippen molar-refractivity contribution in [1.82, 2.24) is 4.90 Å². The summed E-state index contributed by atoms with van der Waals surface area (Å²) in [5, 5.41) is 11.4. The standard InChI is InChI=1S/C27H26N2O6/c1-16-8-10-22(35-16)24-23(25(30)17-9-11-21-19(14-17)28(2)12-13-34-21)26(31)27(32)29(24)15-18-6-4-5-7-20(18)33-3/h4-11,14,24,30H,12-13,15H2,1-3H3/b25-23+. The highest BCUT2D eigenvalue weighted by Gasteiger charge is 2.47. The molecule has 1 N–H and O–H groups in total. The molecule has 2 aliphatic rings. The number of anilines is 1. The Kier molecular flexibility index (Phi) is 5.72. The topological polar surface area (TPSA) is 92.5 Å². The number of Topliss-reactive ketones (excluding diaryl/α,β-unsaturated/α-hetero) is 1. The van der Waals surface area contributed by atoms with Gasteiger partial charge in [0.25, 0.3) is 11.7 Å². The molecule has 35 heavy (non-hydrogen) atoms. The third kappa shape index (κ3) is 3.90.